The third-order valence-corrected chi connectivity index (χ3v) is 3.34. The van der Waals surface area contributed by atoms with Crippen LogP contribution in [0.3, 0.4) is 0 Å². The zero-order valence-electron chi connectivity index (χ0n) is 9.95. The summed E-state index contributed by atoms with van der Waals surface area (Å²) in [4.78, 5) is 0. The first-order chi connectivity index (χ1) is 8.43. The molecule has 2 aliphatic carbocycles. The average molecular weight is 223 g/mol. The zero-order valence-corrected chi connectivity index (χ0v) is 9.95. The summed E-state index contributed by atoms with van der Waals surface area (Å²) in [6, 6.07) is 6.51. The van der Waals surface area contributed by atoms with E-state index in [1.54, 1.807) is 0 Å². The van der Waals surface area contributed by atoms with Crippen LogP contribution in [0, 0.1) is 0 Å². The van der Waals surface area contributed by atoms with Crippen molar-refractivity contribution >= 4 is 11.8 Å². The lowest BCUT2D eigenvalue weighted by atomic mass is 9.95. The number of hydrogen-bond acceptors (Lipinski definition) is 1. The molecule has 0 amide bonds. The molecule has 0 atom stereocenters. The predicted octanol–water partition coefficient (Wildman–Crippen LogP) is 4.29. The van der Waals surface area contributed by atoms with Gasteiger partial charge in [-0.3, -0.25) is 0 Å². The van der Waals surface area contributed by atoms with Gasteiger partial charge in [0.1, 0.15) is 0 Å². The second kappa shape index (κ2) is 4.62. The van der Waals surface area contributed by atoms with Crippen molar-refractivity contribution in [2.24, 2.45) is 0 Å². The summed E-state index contributed by atoms with van der Waals surface area (Å²) in [6.45, 7) is 0. The van der Waals surface area contributed by atoms with Crippen molar-refractivity contribution in [1.29, 1.82) is 0 Å². The van der Waals surface area contributed by atoms with E-state index in [4.69, 9.17) is 0 Å². The third kappa shape index (κ3) is 2.19. The molecule has 0 radical (unpaired) electrons. The van der Waals surface area contributed by atoms with Gasteiger partial charge in [0.05, 0.1) is 0 Å². The maximum absolute atomic E-state index is 3.55. The summed E-state index contributed by atoms with van der Waals surface area (Å²) in [6.07, 6.45) is 15.8. The highest BCUT2D eigenvalue weighted by atomic mass is 14.9. The molecule has 0 aliphatic heterocycles. The lowest BCUT2D eigenvalue weighted by Crippen LogP contribution is -2.05. The van der Waals surface area contributed by atoms with Crippen LogP contribution in [0.15, 0.2) is 48.2 Å². The Morgan fingerprint density at radius 1 is 0.941 bits per heavy atom. The van der Waals surface area contributed by atoms with Crippen molar-refractivity contribution in [2.75, 3.05) is 5.32 Å². The summed E-state index contributed by atoms with van der Waals surface area (Å²) in [5, 5.41) is 3.55. The maximum Gasteiger partial charge on any atom is 0.0422 e. The van der Waals surface area contributed by atoms with Crippen LogP contribution in [0.5, 0.6) is 0 Å². The van der Waals surface area contributed by atoms with Gasteiger partial charge < -0.3 is 5.32 Å². The first-order valence-electron chi connectivity index (χ1n) is 6.36. The number of rotatable bonds is 2. The molecule has 1 aromatic carbocycles. The lowest BCUT2D eigenvalue weighted by Gasteiger charge is -2.18. The van der Waals surface area contributed by atoms with Crippen molar-refractivity contribution < 1.29 is 0 Å². The molecule has 0 fully saturated rings. The number of allylic oxidation sites excluding steroid dienone is 4. The minimum Gasteiger partial charge on any atom is -0.356 e. The minimum atomic E-state index is 1.14. The Hall–Kier alpha value is -1.76. The molecule has 0 aromatic heterocycles. The second-order valence-electron chi connectivity index (χ2n) is 4.58. The third-order valence-electron chi connectivity index (χ3n) is 3.34. The first kappa shape index (κ1) is 10.4. The molecule has 0 spiro atoms. The fourth-order valence-corrected chi connectivity index (χ4v) is 2.46. The van der Waals surface area contributed by atoms with Gasteiger partial charge in [-0.05, 0) is 49.0 Å². The van der Waals surface area contributed by atoms with Gasteiger partial charge >= 0.3 is 0 Å². The van der Waals surface area contributed by atoms with Crippen LogP contribution in [0.1, 0.15) is 30.4 Å². The van der Waals surface area contributed by atoms with Gasteiger partial charge in [-0.15, -0.1) is 0 Å². The molecular formula is C16H17N. The van der Waals surface area contributed by atoms with Gasteiger partial charge in [0, 0.05) is 11.4 Å². The number of benzene rings is 1. The van der Waals surface area contributed by atoms with Crippen molar-refractivity contribution in [3.05, 3.63) is 59.3 Å². The Labute approximate surface area is 103 Å². The molecule has 17 heavy (non-hydrogen) atoms. The van der Waals surface area contributed by atoms with Gasteiger partial charge in [-0.25, -0.2) is 0 Å². The standard InChI is InChI=1S/C16H17N/c1-2-9-14(10-3-1)17-16-12-6-8-13-7-4-5-11-15(13)16/h2,4,6-10,12,17H,1,3,5,11H2. The smallest absolute Gasteiger partial charge is 0.0422 e. The maximum atomic E-state index is 3.55. The highest BCUT2D eigenvalue weighted by Gasteiger charge is 2.09. The van der Waals surface area contributed by atoms with E-state index in [1.807, 2.05) is 0 Å². The summed E-state index contributed by atoms with van der Waals surface area (Å²) < 4.78 is 0. The average Bonchev–Trinajstić information content (AvgIpc) is 2.40. The highest BCUT2D eigenvalue weighted by molar-refractivity contribution is 5.68. The molecule has 1 heteroatoms. The quantitative estimate of drug-likeness (QED) is 0.788. The lowest BCUT2D eigenvalue weighted by molar-refractivity contribution is 0.983. The van der Waals surface area contributed by atoms with Gasteiger partial charge in [0.15, 0.2) is 0 Å². The normalized spacial score (nSPS) is 17.5. The molecule has 0 saturated carbocycles. The molecule has 1 nitrogen and oxygen atoms in total. The summed E-state index contributed by atoms with van der Waals surface area (Å²) in [7, 11) is 0. The fraction of sp³-hybridized carbons (Fsp3) is 0.250. The molecule has 1 N–H and O–H groups in total. The Bertz CT molecular complexity index is 506. The number of nitrogens with one attached hydrogen (secondary N) is 1. The Balaban J connectivity index is 1.90. The van der Waals surface area contributed by atoms with E-state index in [0.29, 0.717) is 0 Å². The van der Waals surface area contributed by atoms with Crippen molar-refractivity contribution in [2.45, 2.75) is 25.7 Å². The van der Waals surface area contributed by atoms with Crippen LogP contribution >= 0.6 is 0 Å². The minimum absolute atomic E-state index is 1.14. The SMILES string of the molecule is C1=CC(Nc2cccc3c2CCC=C3)=CCC1. The molecule has 0 saturated heterocycles. The van der Waals surface area contributed by atoms with Crippen LogP contribution in [-0.4, -0.2) is 0 Å². The fourth-order valence-electron chi connectivity index (χ4n) is 2.46. The van der Waals surface area contributed by atoms with Gasteiger partial charge in [0.25, 0.3) is 0 Å². The second-order valence-corrected chi connectivity index (χ2v) is 4.58. The van der Waals surface area contributed by atoms with E-state index in [9.17, 15) is 0 Å². The number of hydrogen-bond donors (Lipinski definition) is 1. The molecule has 2 aliphatic rings. The molecule has 3 rings (SSSR count). The molecule has 0 bridgehead atoms. The number of fused-ring (bicyclic) bond motifs is 1. The summed E-state index contributed by atoms with van der Waals surface area (Å²) in [5.41, 5.74) is 5.32. The predicted molar refractivity (Wildman–Crippen MR) is 73.9 cm³/mol. The summed E-state index contributed by atoms with van der Waals surface area (Å²) in [5.74, 6) is 0. The van der Waals surface area contributed by atoms with Gasteiger partial charge in [0.2, 0.25) is 0 Å². The Morgan fingerprint density at radius 2 is 1.88 bits per heavy atom. The van der Waals surface area contributed by atoms with Crippen LogP contribution in [0.2, 0.25) is 0 Å². The van der Waals surface area contributed by atoms with Crippen molar-refractivity contribution in [3.8, 4) is 0 Å². The highest BCUT2D eigenvalue weighted by Crippen LogP contribution is 2.28. The van der Waals surface area contributed by atoms with E-state index >= 15 is 0 Å². The van der Waals surface area contributed by atoms with Crippen LogP contribution in [-0.2, 0) is 6.42 Å². The van der Waals surface area contributed by atoms with E-state index in [0.717, 1.165) is 19.3 Å². The molecular weight excluding hydrogens is 206 g/mol. The van der Waals surface area contributed by atoms with Gasteiger partial charge in [-0.2, -0.15) is 0 Å². The van der Waals surface area contributed by atoms with Crippen LogP contribution < -0.4 is 5.32 Å². The largest absolute Gasteiger partial charge is 0.356 e. The monoisotopic (exact) mass is 223 g/mol. The zero-order chi connectivity index (χ0) is 11.5. The van der Waals surface area contributed by atoms with Crippen LogP contribution in [0.25, 0.3) is 6.08 Å². The molecule has 86 valence electrons. The van der Waals surface area contributed by atoms with Gasteiger partial charge in [-0.1, -0.05) is 36.4 Å². The van der Waals surface area contributed by atoms with E-state index in [1.165, 1.54) is 28.9 Å². The topological polar surface area (TPSA) is 12.0 Å². The summed E-state index contributed by atoms with van der Waals surface area (Å²) >= 11 is 0. The molecule has 1 aromatic rings. The van der Waals surface area contributed by atoms with Crippen LogP contribution in [0.4, 0.5) is 5.69 Å². The Kier molecular flexibility index (Phi) is 2.83. The van der Waals surface area contributed by atoms with Crippen molar-refractivity contribution in [3.63, 3.8) is 0 Å². The van der Waals surface area contributed by atoms with Crippen molar-refractivity contribution in [1.82, 2.24) is 0 Å². The van der Waals surface area contributed by atoms with E-state index in [-0.39, 0.29) is 0 Å². The molecule has 0 heterocycles. The van der Waals surface area contributed by atoms with E-state index < -0.39 is 0 Å². The first-order valence-corrected chi connectivity index (χ1v) is 6.36. The molecule has 0 unspecified atom stereocenters. The van der Waals surface area contributed by atoms with E-state index in [2.05, 4.69) is 53.9 Å². The number of anilines is 1. The Morgan fingerprint density at radius 3 is 2.76 bits per heavy atom.